The smallest absolute Gasteiger partial charge is 0.240 e. The Kier molecular flexibility index (Phi) is 5.41. The number of nitrogens with two attached hydrogens (primary N) is 1. The number of amides is 2. The van der Waals surface area contributed by atoms with Gasteiger partial charge in [-0.05, 0) is 30.4 Å². The van der Waals surface area contributed by atoms with Gasteiger partial charge in [-0.1, -0.05) is 6.07 Å². The van der Waals surface area contributed by atoms with Gasteiger partial charge in [0.25, 0.3) is 0 Å². The molecule has 1 aliphatic rings. The monoisotopic (exact) mass is 324 g/mol. The first-order chi connectivity index (χ1) is 10.9. The van der Waals surface area contributed by atoms with E-state index in [-0.39, 0.29) is 30.1 Å². The first-order valence-corrected chi connectivity index (χ1v) is 7.41. The lowest BCUT2D eigenvalue weighted by atomic mass is 9.83. The van der Waals surface area contributed by atoms with Gasteiger partial charge in [0.05, 0.1) is 6.42 Å². The fraction of sp³-hybridized carbons (Fsp3) is 0.438. The maximum absolute atomic E-state index is 13.6. The number of benzene rings is 1. The molecule has 0 aromatic heterocycles. The van der Waals surface area contributed by atoms with E-state index in [1.807, 2.05) is 0 Å². The molecule has 2 amide bonds. The van der Waals surface area contributed by atoms with E-state index in [1.165, 1.54) is 6.07 Å². The van der Waals surface area contributed by atoms with Crippen LogP contribution in [0.25, 0.3) is 0 Å². The van der Waals surface area contributed by atoms with Gasteiger partial charge < -0.3 is 11.1 Å². The maximum atomic E-state index is 13.6. The Balaban J connectivity index is 2.03. The zero-order valence-corrected chi connectivity index (χ0v) is 12.5. The van der Waals surface area contributed by atoms with Crippen molar-refractivity contribution >= 4 is 17.6 Å². The van der Waals surface area contributed by atoms with Crippen molar-refractivity contribution < 1.29 is 23.2 Å². The Morgan fingerprint density at radius 3 is 2.70 bits per heavy atom. The summed E-state index contributed by atoms with van der Waals surface area (Å²) in [6.45, 7) is 0. The Morgan fingerprint density at radius 1 is 1.35 bits per heavy atom. The summed E-state index contributed by atoms with van der Waals surface area (Å²) >= 11 is 0. The summed E-state index contributed by atoms with van der Waals surface area (Å²) in [5.41, 5.74) is 5.34. The van der Waals surface area contributed by atoms with E-state index in [1.54, 1.807) is 0 Å². The third kappa shape index (κ3) is 4.58. The van der Waals surface area contributed by atoms with Crippen LogP contribution in [0.15, 0.2) is 18.2 Å². The van der Waals surface area contributed by atoms with Crippen molar-refractivity contribution in [1.29, 1.82) is 0 Å². The Labute approximate surface area is 132 Å². The average Bonchev–Trinajstić information content (AvgIpc) is 2.47. The lowest BCUT2D eigenvalue weighted by Crippen LogP contribution is -2.50. The van der Waals surface area contributed by atoms with Gasteiger partial charge >= 0.3 is 0 Å². The largest absolute Gasteiger partial charge is 0.368 e. The van der Waals surface area contributed by atoms with Crippen molar-refractivity contribution in [3.05, 3.63) is 35.4 Å². The molecule has 2 atom stereocenters. The number of carbonyl (C=O) groups excluding carboxylic acids is 3. The van der Waals surface area contributed by atoms with Crippen molar-refractivity contribution in [1.82, 2.24) is 5.32 Å². The number of hydrogen-bond donors (Lipinski definition) is 2. The van der Waals surface area contributed by atoms with E-state index in [2.05, 4.69) is 5.32 Å². The maximum Gasteiger partial charge on any atom is 0.240 e. The normalized spacial score (nSPS) is 19.2. The second kappa shape index (κ2) is 7.30. The number of rotatable bonds is 5. The molecule has 1 aromatic rings. The summed E-state index contributed by atoms with van der Waals surface area (Å²) < 4.78 is 26.4. The second-order valence-electron chi connectivity index (χ2n) is 5.76. The molecular formula is C16H18F2N2O3. The summed E-state index contributed by atoms with van der Waals surface area (Å²) in [7, 11) is 0. The van der Waals surface area contributed by atoms with E-state index >= 15 is 0 Å². The molecule has 0 saturated heterocycles. The van der Waals surface area contributed by atoms with E-state index in [9.17, 15) is 23.2 Å². The zero-order chi connectivity index (χ0) is 17.0. The third-order valence-corrected chi connectivity index (χ3v) is 3.98. The Bertz CT molecular complexity index is 634. The summed E-state index contributed by atoms with van der Waals surface area (Å²) in [4.78, 5) is 35.1. The number of ketones is 1. The molecule has 1 saturated carbocycles. The van der Waals surface area contributed by atoms with Crippen molar-refractivity contribution in [3.8, 4) is 0 Å². The predicted molar refractivity (Wildman–Crippen MR) is 78.2 cm³/mol. The van der Waals surface area contributed by atoms with Crippen molar-refractivity contribution in [2.45, 2.75) is 38.1 Å². The summed E-state index contributed by atoms with van der Waals surface area (Å²) in [5, 5.41) is 2.47. The molecule has 0 radical (unpaired) electrons. The topological polar surface area (TPSA) is 89.3 Å². The standard InChI is InChI=1S/C16H18F2N2O3/c17-11-5-4-9(13(18)8-11)7-14(22)20-15(16(19)23)10-2-1-3-12(21)6-10/h4-5,8,10,15H,1-3,6-7H2,(H2,19,23)(H,20,22)/t10-,15-/m0/s1. The minimum Gasteiger partial charge on any atom is -0.368 e. The van der Waals surface area contributed by atoms with E-state index < -0.39 is 29.5 Å². The highest BCUT2D eigenvalue weighted by Crippen LogP contribution is 2.24. The third-order valence-electron chi connectivity index (χ3n) is 3.98. The molecule has 7 heteroatoms. The highest BCUT2D eigenvalue weighted by Gasteiger charge is 2.32. The van der Waals surface area contributed by atoms with Gasteiger partial charge in [-0.25, -0.2) is 8.78 Å². The molecule has 0 aliphatic heterocycles. The fourth-order valence-corrected chi connectivity index (χ4v) is 2.83. The van der Waals surface area contributed by atoms with E-state index in [4.69, 9.17) is 5.73 Å². The van der Waals surface area contributed by atoms with Crippen LogP contribution in [0, 0.1) is 17.6 Å². The number of nitrogens with one attached hydrogen (secondary N) is 1. The Hall–Kier alpha value is -2.31. The van der Waals surface area contributed by atoms with Gasteiger partial charge in [0.1, 0.15) is 23.5 Å². The zero-order valence-electron chi connectivity index (χ0n) is 12.5. The van der Waals surface area contributed by atoms with Crippen molar-refractivity contribution in [2.75, 3.05) is 0 Å². The van der Waals surface area contributed by atoms with E-state index in [0.717, 1.165) is 6.07 Å². The second-order valence-corrected chi connectivity index (χ2v) is 5.76. The van der Waals surface area contributed by atoms with Crippen LogP contribution in [0.4, 0.5) is 8.78 Å². The van der Waals surface area contributed by atoms with Crippen molar-refractivity contribution in [3.63, 3.8) is 0 Å². The molecule has 124 valence electrons. The fourth-order valence-electron chi connectivity index (χ4n) is 2.83. The minimum absolute atomic E-state index is 0.0202. The molecule has 0 spiro atoms. The summed E-state index contributed by atoms with van der Waals surface area (Å²) in [5.74, 6) is -3.19. The van der Waals surface area contributed by atoms with Gasteiger partial charge in [-0.15, -0.1) is 0 Å². The minimum atomic E-state index is -0.963. The highest BCUT2D eigenvalue weighted by atomic mass is 19.1. The Morgan fingerprint density at radius 2 is 2.09 bits per heavy atom. The molecule has 5 nitrogen and oxygen atoms in total. The quantitative estimate of drug-likeness (QED) is 0.854. The van der Waals surface area contributed by atoms with Crippen LogP contribution in [0.2, 0.25) is 0 Å². The van der Waals surface area contributed by atoms with Crippen LogP contribution < -0.4 is 11.1 Å². The van der Waals surface area contributed by atoms with Crippen LogP contribution in [0.3, 0.4) is 0 Å². The van der Waals surface area contributed by atoms with Gasteiger partial charge in [-0.3, -0.25) is 14.4 Å². The van der Waals surface area contributed by atoms with Gasteiger partial charge in [0.2, 0.25) is 11.8 Å². The van der Waals surface area contributed by atoms with Crippen LogP contribution in [-0.4, -0.2) is 23.6 Å². The molecule has 1 aliphatic carbocycles. The highest BCUT2D eigenvalue weighted by molar-refractivity contribution is 5.89. The number of carbonyl (C=O) groups is 3. The average molecular weight is 324 g/mol. The molecule has 0 unspecified atom stereocenters. The van der Waals surface area contributed by atoms with Crippen LogP contribution in [0.5, 0.6) is 0 Å². The molecule has 23 heavy (non-hydrogen) atoms. The molecule has 3 N–H and O–H groups in total. The van der Waals surface area contributed by atoms with Crippen LogP contribution in [0.1, 0.15) is 31.2 Å². The first-order valence-electron chi connectivity index (χ1n) is 7.41. The number of primary amides is 1. The predicted octanol–water partition coefficient (Wildman–Crippen LogP) is 1.24. The molecule has 0 heterocycles. The summed E-state index contributed by atoms with van der Waals surface area (Å²) in [6, 6.07) is 1.95. The van der Waals surface area contributed by atoms with Gasteiger partial charge in [-0.2, -0.15) is 0 Å². The SMILES string of the molecule is NC(=O)[C@@H](NC(=O)Cc1ccc(F)cc1F)[C@H]1CCCC(=O)C1. The number of hydrogen-bond acceptors (Lipinski definition) is 3. The first kappa shape index (κ1) is 17.1. The van der Waals surface area contributed by atoms with Gasteiger partial charge in [0, 0.05) is 18.9 Å². The van der Waals surface area contributed by atoms with Crippen LogP contribution >= 0.6 is 0 Å². The molecular weight excluding hydrogens is 306 g/mol. The molecule has 2 rings (SSSR count). The number of halogens is 2. The van der Waals surface area contributed by atoms with Crippen LogP contribution in [-0.2, 0) is 20.8 Å². The molecule has 1 fully saturated rings. The van der Waals surface area contributed by atoms with Gasteiger partial charge in [0.15, 0.2) is 0 Å². The number of Topliss-reactive ketones (excluding diaryl/α,β-unsaturated/α-hetero) is 1. The molecule has 0 bridgehead atoms. The summed E-state index contributed by atoms with van der Waals surface area (Å²) in [6.07, 6.45) is 1.59. The van der Waals surface area contributed by atoms with E-state index in [0.29, 0.717) is 25.3 Å². The lowest BCUT2D eigenvalue weighted by molar-refractivity contribution is -0.130. The lowest BCUT2D eigenvalue weighted by Gasteiger charge is -2.28. The van der Waals surface area contributed by atoms with Crippen molar-refractivity contribution in [2.24, 2.45) is 11.7 Å². The molecule has 1 aromatic carbocycles.